The molecule has 1 heterocycles. The average molecular weight is 255 g/mol. The second-order valence-corrected chi connectivity index (χ2v) is 4.07. The van der Waals surface area contributed by atoms with Gasteiger partial charge in [0, 0.05) is 17.1 Å². The molecule has 0 radical (unpaired) electrons. The summed E-state index contributed by atoms with van der Waals surface area (Å²) >= 11 is 5.68. The molecule has 0 aliphatic carbocycles. The Bertz CT molecular complexity index is 512. The molecule has 1 aromatic heterocycles. The van der Waals surface area contributed by atoms with Gasteiger partial charge in [0.25, 0.3) is 0 Å². The molecule has 90 valence electrons. The van der Waals surface area contributed by atoms with Crippen molar-refractivity contribution in [1.82, 2.24) is 15.0 Å². The molecule has 6 heteroatoms. The van der Waals surface area contributed by atoms with Crippen molar-refractivity contribution in [2.24, 2.45) is 5.73 Å². The summed E-state index contributed by atoms with van der Waals surface area (Å²) in [6.45, 7) is 1.27. The van der Waals surface area contributed by atoms with Crippen LogP contribution < -0.4 is 5.73 Å². The van der Waals surface area contributed by atoms with Gasteiger partial charge in [0.2, 0.25) is 0 Å². The Labute approximate surface area is 103 Å². The van der Waals surface area contributed by atoms with Crippen molar-refractivity contribution in [2.75, 3.05) is 6.54 Å². The minimum Gasteiger partial charge on any atom is -0.330 e. The van der Waals surface area contributed by atoms with Gasteiger partial charge >= 0.3 is 0 Å². The van der Waals surface area contributed by atoms with Crippen LogP contribution in [-0.2, 0) is 6.54 Å². The van der Waals surface area contributed by atoms with Gasteiger partial charge in [0.05, 0.1) is 6.20 Å². The van der Waals surface area contributed by atoms with Gasteiger partial charge in [-0.3, -0.25) is 4.68 Å². The number of hydrogen-bond donors (Lipinski definition) is 1. The molecule has 0 unspecified atom stereocenters. The summed E-state index contributed by atoms with van der Waals surface area (Å²) in [6.07, 6.45) is 2.51. The Morgan fingerprint density at radius 1 is 1.41 bits per heavy atom. The van der Waals surface area contributed by atoms with Gasteiger partial charge in [0.15, 0.2) is 0 Å². The average Bonchev–Trinajstić information content (AvgIpc) is 2.75. The fraction of sp³-hybridized carbons (Fsp3) is 0.273. The molecule has 0 aliphatic rings. The number of nitrogens with two attached hydrogens (primary N) is 1. The molecular formula is C11H12ClFN4. The molecule has 2 aromatic rings. The molecule has 4 nitrogen and oxygen atoms in total. The highest BCUT2D eigenvalue weighted by Gasteiger charge is 2.09. The quantitative estimate of drug-likeness (QED) is 0.909. The molecule has 17 heavy (non-hydrogen) atoms. The van der Waals surface area contributed by atoms with E-state index >= 15 is 0 Å². The van der Waals surface area contributed by atoms with Crippen LogP contribution in [0.2, 0.25) is 5.02 Å². The van der Waals surface area contributed by atoms with Crippen LogP contribution in [0.15, 0.2) is 24.4 Å². The van der Waals surface area contributed by atoms with Crippen LogP contribution in [-0.4, -0.2) is 21.5 Å². The second-order valence-electron chi connectivity index (χ2n) is 3.63. The van der Waals surface area contributed by atoms with Gasteiger partial charge in [-0.05, 0) is 31.2 Å². The second kappa shape index (κ2) is 5.25. The Kier molecular flexibility index (Phi) is 3.71. The summed E-state index contributed by atoms with van der Waals surface area (Å²) in [5.41, 5.74) is 6.29. The Balaban J connectivity index is 2.24. The van der Waals surface area contributed by atoms with Crippen molar-refractivity contribution in [1.29, 1.82) is 0 Å². The van der Waals surface area contributed by atoms with Gasteiger partial charge in [-0.15, -0.1) is 5.10 Å². The van der Waals surface area contributed by atoms with Crippen molar-refractivity contribution in [3.63, 3.8) is 0 Å². The van der Waals surface area contributed by atoms with Crippen LogP contribution in [0.3, 0.4) is 0 Å². The molecule has 0 bridgehead atoms. The zero-order valence-corrected chi connectivity index (χ0v) is 9.86. The van der Waals surface area contributed by atoms with Crippen molar-refractivity contribution < 1.29 is 4.39 Å². The number of rotatable bonds is 4. The third-order valence-electron chi connectivity index (χ3n) is 2.34. The van der Waals surface area contributed by atoms with Gasteiger partial charge in [-0.1, -0.05) is 16.8 Å². The number of benzene rings is 1. The highest BCUT2D eigenvalue weighted by atomic mass is 35.5. The molecule has 0 aliphatic heterocycles. The summed E-state index contributed by atoms with van der Waals surface area (Å²) in [5.74, 6) is -0.400. The van der Waals surface area contributed by atoms with Crippen molar-refractivity contribution >= 4 is 11.6 Å². The normalized spacial score (nSPS) is 10.8. The smallest absolute Gasteiger partial charge is 0.134 e. The Hall–Kier alpha value is -1.46. The number of aromatic nitrogens is 3. The fourth-order valence-electron chi connectivity index (χ4n) is 1.48. The fourth-order valence-corrected chi connectivity index (χ4v) is 1.64. The molecule has 0 spiro atoms. The van der Waals surface area contributed by atoms with Crippen LogP contribution in [0.4, 0.5) is 4.39 Å². The summed E-state index contributed by atoms with van der Waals surface area (Å²) < 4.78 is 15.3. The van der Waals surface area contributed by atoms with E-state index in [4.69, 9.17) is 17.3 Å². The van der Waals surface area contributed by atoms with E-state index < -0.39 is 5.82 Å². The molecular weight excluding hydrogens is 243 g/mol. The summed E-state index contributed by atoms with van der Waals surface area (Å²) in [6, 6.07) is 4.48. The molecule has 2 rings (SSSR count). The lowest BCUT2D eigenvalue weighted by Crippen LogP contribution is -2.06. The first kappa shape index (κ1) is 12.0. The lowest BCUT2D eigenvalue weighted by atomic mass is 10.1. The van der Waals surface area contributed by atoms with Gasteiger partial charge < -0.3 is 5.73 Å². The maximum Gasteiger partial charge on any atom is 0.134 e. The van der Waals surface area contributed by atoms with Gasteiger partial charge in [-0.2, -0.15) is 0 Å². The Morgan fingerprint density at radius 2 is 2.24 bits per heavy atom. The number of hydrogen-bond acceptors (Lipinski definition) is 3. The lowest BCUT2D eigenvalue weighted by molar-refractivity contribution is 0.564. The summed E-state index contributed by atoms with van der Waals surface area (Å²) in [5, 5.41) is 8.19. The predicted molar refractivity (Wildman–Crippen MR) is 64.1 cm³/mol. The number of nitrogens with zero attached hydrogens (tertiary/aromatic N) is 3. The molecule has 0 amide bonds. The predicted octanol–water partition coefficient (Wildman–Crippen LogP) is 2.09. The number of aryl methyl sites for hydroxylation is 1. The minimum absolute atomic E-state index is 0.363. The van der Waals surface area contributed by atoms with E-state index in [2.05, 4.69) is 10.3 Å². The largest absolute Gasteiger partial charge is 0.330 e. The maximum atomic E-state index is 13.6. The van der Waals surface area contributed by atoms with Crippen LogP contribution in [0.1, 0.15) is 6.42 Å². The van der Waals surface area contributed by atoms with Crippen LogP contribution in [0, 0.1) is 5.82 Å². The van der Waals surface area contributed by atoms with E-state index in [-0.39, 0.29) is 0 Å². The third-order valence-corrected chi connectivity index (χ3v) is 2.57. The van der Waals surface area contributed by atoms with E-state index in [9.17, 15) is 4.39 Å². The van der Waals surface area contributed by atoms with E-state index in [0.717, 1.165) is 6.42 Å². The molecule has 2 N–H and O–H groups in total. The highest BCUT2D eigenvalue weighted by molar-refractivity contribution is 6.30. The van der Waals surface area contributed by atoms with E-state index in [0.29, 0.717) is 29.4 Å². The Morgan fingerprint density at radius 3 is 2.94 bits per heavy atom. The first-order valence-electron chi connectivity index (χ1n) is 5.26. The standard InChI is InChI=1S/C11H12ClFN4/c12-8-2-3-9(10(13)6-8)11-7-17(16-15-11)5-1-4-14/h2-3,6-7H,1,4-5,14H2. The van der Waals surface area contributed by atoms with Crippen molar-refractivity contribution in [3.8, 4) is 11.3 Å². The van der Waals surface area contributed by atoms with E-state index in [1.807, 2.05) is 0 Å². The monoisotopic (exact) mass is 254 g/mol. The zero-order valence-electron chi connectivity index (χ0n) is 9.11. The first-order valence-corrected chi connectivity index (χ1v) is 5.64. The molecule has 0 saturated carbocycles. The van der Waals surface area contributed by atoms with Crippen LogP contribution in [0.25, 0.3) is 11.3 Å². The molecule has 0 atom stereocenters. The van der Waals surface area contributed by atoms with Crippen molar-refractivity contribution in [2.45, 2.75) is 13.0 Å². The third kappa shape index (κ3) is 2.81. The van der Waals surface area contributed by atoms with Crippen LogP contribution in [0.5, 0.6) is 0 Å². The molecule has 1 aromatic carbocycles. The van der Waals surface area contributed by atoms with Gasteiger partial charge in [0.1, 0.15) is 11.5 Å². The summed E-state index contributed by atoms with van der Waals surface area (Å²) in [7, 11) is 0. The topological polar surface area (TPSA) is 56.7 Å². The SMILES string of the molecule is NCCCn1cc(-c2ccc(Cl)cc2F)nn1. The minimum atomic E-state index is -0.400. The maximum absolute atomic E-state index is 13.6. The first-order chi connectivity index (χ1) is 8.20. The zero-order chi connectivity index (χ0) is 12.3. The highest BCUT2D eigenvalue weighted by Crippen LogP contribution is 2.23. The lowest BCUT2D eigenvalue weighted by Gasteiger charge is -1.99. The van der Waals surface area contributed by atoms with E-state index in [1.54, 1.807) is 23.0 Å². The number of halogens is 2. The van der Waals surface area contributed by atoms with Crippen LogP contribution >= 0.6 is 11.6 Å². The molecule has 0 saturated heterocycles. The van der Waals surface area contributed by atoms with E-state index in [1.165, 1.54) is 6.07 Å². The van der Waals surface area contributed by atoms with Gasteiger partial charge in [-0.25, -0.2) is 4.39 Å². The molecule has 0 fully saturated rings. The van der Waals surface area contributed by atoms with Crippen molar-refractivity contribution in [3.05, 3.63) is 35.2 Å². The summed E-state index contributed by atoms with van der Waals surface area (Å²) in [4.78, 5) is 0.